The van der Waals surface area contributed by atoms with E-state index >= 15 is 4.39 Å². The molecule has 0 aliphatic heterocycles. The van der Waals surface area contributed by atoms with E-state index in [1.165, 1.54) is 40.2 Å². The quantitative estimate of drug-likeness (QED) is 0.160. The lowest BCUT2D eigenvalue weighted by atomic mass is 9.86. The third-order valence-corrected chi connectivity index (χ3v) is 8.32. The lowest BCUT2D eigenvalue weighted by Crippen LogP contribution is -2.41. The number of benzene rings is 4. The van der Waals surface area contributed by atoms with Gasteiger partial charge >= 0.3 is 0 Å². The Morgan fingerprint density at radius 3 is 1.94 bits per heavy atom. The van der Waals surface area contributed by atoms with Gasteiger partial charge in [0, 0.05) is 59.1 Å². The highest BCUT2D eigenvalue weighted by molar-refractivity contribution is 5.85. The maximum absolute atomic E-state index is 15.2. The first-order chi connectivity index (χ1) is 22.4. The van der Waals surface area contributed by atoms with E-state index in [1.54, 1.807) is 36.9 Å². The van der Waals surface area contributed by atoms with Crippen LogP contribution in [0.25, 0.3) is 10.9 Å². The van der Waals surface area contributed by atoms with Crippen molar-refractivity contribution in [3.63, 3.8) is 0 Å². The second kappa shape index (κ2) is 12.6. The predicted molar refractivity (Wildman–Crippen MR) is 162 cm³/mol. The smallest absolute Gasteiger partial charge is 0.137 e. The first kappa shape index (κ1) is 31.8. The summed E-state index contributed by atoms with van der Waals surface area (Å²) < 4.78 is 88.7. The molecular formula is C34H28F6N6O. The van der Waals surface area contributed by atoms with Gasteiger partial charge in [-0.05, 0) is 50.2 Å². The van der Waals surface area contributed by atoms with E-state index in [1.807, 2.05) is 0 Å². The number of anilines is 1. The Labute approximate surface area is 265 Å². The van der Waals surface area contributed by atoms with Gasteiger partial charge in [0.25, 0.3) is 0 Å². The van der Waals surface area contributed by atoms with Gasteiger partial charge in [-0.2, -0.15) is 10.2 Å². The molecule has 2 atom stereocenters. The van der Waals surface area contributed by atoms with Gasteiger partial charge in [-0.15, -0.1) is 0 Å². The maximum atomic E-state index is 15.2. The SMILES string of the molecule is Cc1nn([C@H](C)[C@](O)(Cn2cncn2)c2ccc(F)cc2F)c2ccc(N(Cc3ccc(F)cc3F)Cc3ccc(F)cc3F)cc12. The minimum absolute atomic E-state index is 0.0838. The highest BCUT2D eigenvalue weighted by Gasteiger charge is 2.41. The molecule has 47 heavy (non-hydrogen) atoms. The third kappa shape index (κ3) is 6.30. The summed E-state index contributed by atoms with van der Waals surface area (Å²) >= 11 is 0. The van der Waals surface area contributed by atoms with Gasteiger partial charge in [0.2, 0.25) is 0 Å². The second-order valence-corrected chi connectivity index (χ2v) is 11.4. The minimum Gasteiger partial charge on any atom is -0.381 e. The maximum Gasteiger partial charge on any atom is 0.137 e. The molecule has 6 rings (SSSR count). The lowest BCUT2D eigenvalue weighted by Gasteiger charge is -2.35. The molecular weight excluding hydrogens is 622 g/mol. The van der Waals surface area contributed by atoms with Crippen molar-refractivity contribution in [2.45, 2.75) is 45.1 Å². The standard InChI is InChI=1S/C34H28F6N6O/c1-20-28-14-27(44(15-22-3-5-24(35)11-30(22)38)16-23-4-6-25(36)12-31(23)39)8-10-33(28)46(43-20)21(2)34(47,17-45-19-41-18-42-45)29-9-7-26(37)13-32(29)40/h3-14,18-19,21,47H,15-17H2,1-2H3/t21-,34-/m1/s1. The third-order valence-electron chi connectivity index (χ3n) is 8.32. The normalized spacial score (nSPS) is 13.6. The van der Waals surface area contributed by atoms with Crippen molar-refractivity contribution in [3.05, 3.63) is 143 Å². The first-order valence-electron chi connectivity index (χ1n) is 14.5. The van der Waals surface area contributed by atoms with Crippen LogP contribution in [-0.2, 0) is 25.2 Å². The molecule has 6 aromatic rings. The molecule has 0 aliphatic rings. The summed E-state index contributed by atoms with van der Waals surface area (Å²) in [4.78, 5) is 5.56. The van der Waals surface area contributed by atoms with Crippen LogP contribution in [0.5, 0.6) is 0 Å². The number of rotatable bonds is 10. The Morgan fingerprint density at radius 2 is 1.38 bits per heavy atom. The zero-order chi connectivity index (χ0) is 33.5. The molecule has 242 valence electrons. The summed E-state index contributed by atoms with van der Waals surface area (Å²) in [6.07, 6.45) is 2.63. The van der Waals surface area contributed by atoms with Crippen LogP contribution in [0.4, 0.5) is 32.0 Å². The summed E-state index contributed by atoms with van der Waals surface area (Å²) in [5, 5.41) is 21.5. The number of hydrogen-bond donors (Lipinski definition) is 1. The van der Waals surface area contributed by atoms with Crippen molar-refractivity contribution in [3.8, 4) is 0 Å². The molecule has 0 bridgehead atoms. The van der Waals surface area contributed by atoms with Crippen LogP contribution in [0.3, 0.4) is 0 Å². The van der Waals surface area contributed by atoms with Gasteiger partial charge in [0.1, 0.15) is 53.2 Å². The summed E-state index contributed by atoms with van der Waals surface area (Å²) in [6.45, 7) is 2.96. The molecule has 0 saturated carbocycles. The van der Waals surface area contributed by atoms with Crippen LogP contribution < -0.4 is 4.90 Å². The summed E-state index contributed by atoms with van der Waals surface area (Å²) in [7, 11) is 0. The van der Waals surface area contributed by atoms with Crippen LogP contribution in [0.15, 0.2) is 85.5 Å². The van der Waals surface area contributed by atoms with E-state index < -0.39 is 46.5 Å². The van der Waals surface area contributed by atoms with Crippen LogP contribution in [-0.4, -0.2) is 29.7 Å². The zero-order valence-corrected chi connectivity index (χ0v) is 25.2. The number of nitrogens with zero attached hydrogens (tertiary/aromatic N) is 6. The summed E-state index contributed by atoms with van der Waals surface area (Å²) in [6, 6.07) is 13.5. The molecule has 0 saturated heterocycles. The van der Waals surface area contributed by atoms with Gasteiger partial charge in [-0.1, -0.05) is 18.2 Å². The monoisotopic (exact) mass is 650 g/mol. The average Bonchev–Trinajstić information content (AvgIpc) is 3.65. The van der Waals surface area contributed by atoms with E-state index in [0.29, 0.717) is 28.4 Å². The zero-order valence-electron chi connectivity index (χ0n) is 25.2. The molecule has 0 spiro atoms. The highest BCUT2D eigenvalue weighted by Crippen LogP contribution is 2.39. The molecule has 0 unspecified atom stereocenters. The number of aryl methyl sites for hydroxylation is 1. The molecule has 0 amide bonds. The molecule has 0 fully saturated rings. The average molecular weight is 651 g/mol. The number of aromatic nitrogens is 5. The molecule has 7 nitrogen and oxygen atoms in total. The van der Waals surface area contributed by atoms with Gasteiger partial charge in [0.15, 0.2) is 0 Å². The molecule has 2 heterocycles. The van der Waals surface area contributed by atoms with Crippen LogP contribution >= 0.6 is 0 Å². The van der Waals surface area contributed by atoms with Crippen molar-refractivity contribution in [2.24, 2.45) is 0 Å². The molecule has 0 aliphatic carbocycles. The van der Waals surface area contributed by atoms with Crippen LogP contribution in [0.1, 0.15) is 35.3 Å². The highest BCUT2D eigenvalue weighted by atomic mass is 19.2. The number of fused-ring (bicyclic) bond motifs is 1. The van der Waals surface area contributed by atoms with Crippen LogP contribution in [0, 0.1) is 41.8 Å². The fourth-order valence-corrected chi connectivity index (χ4v) is 5.77. The van der Waals surface area contributed by atoms with Crippen molar-refractivity contribution in [2.75, 3.05) is 4.90 Å². The van der Waals surface area contributed by atoms with Gasteiger partial charge in [0.05, 0.1) is 23.8 Å². The van der Waals surface area contributed by atoms with Crippen molar-refractivity contribution in [1.82, 2.24) is 24.5 Å². The Hall–Kier alpha value is -5.17. The largest absolute Gasteiger partial charge is 0.381 e. The number of aliphatic hydroxyl groups is 1. The first-order valence-corrected chi connectivity index (χ1v) is 14.5. The van der Waals surface area contributed by atoms with E-state index in [0.717, 1.165) is 30.3 Å². The Kier molecular flexibility index (Phi) is 8.49. The molecule has 1 N–H and O–H groups in total. The van der Waals surface area contributed by atoms with E-state index in [4.69, 9.17) is 0 Å². The molecule has 4 aromatic carbocycles. The van der Waals surface area contributed by atoms with Gasteiger partial charge < -0.3 is 10.0 Å². The van der Waals surface area contributed by atoms with Crippen LogP contribution in [0.2, 0.25) is 0 Å². The van der Waals surface area contributed by atoms with E-state index in [9.17, 15) is 27.1 Å². The predicted octanol–water partition coefficient (Wildman–Crippen LogP) is 7.13. The molecule has 2 aromatic heterocycles. The second-order valence-electron chi connectivity index (χ2n) is 11.4. The van der Waals surface area contributed by atoms with Crippen molar-refractivity contribution >= 4 is 16.6 Å². The summed E-state index contributed by atoms with van der Waals surface area (Å²) in [5.41, 5.74) is -0.279. The van der Waals surface area contributed by atoms with E-state index in [-0.39, 0.29) is 36.3 Å². The Morgan fingerprint density at radius 1 is 0.787 bits per heavy atom. The number of halogens is 6. The lowest BCUT2D eigenvalue weighted by molar-refractivity contribution is -0.0355. The molecule has 13 heteroatoms. The van der Waals surface area contributed by atoms with E-state index in [2.05, 4.69) is 15.2 Å². The Bertz CT molecular complexity index is 2010. The van der Waals surface area contributed by atoms with Gasteiger partial charge in [-0.25, -0.2) is 36.0 Å². The fraction of sp³-hybridized carbons (Fsp3) is 0.206. The fourth-order valence-electron chi connectivity index (χ4n) is 5.77. The summed E-state index contributed by atoms with van der Waals surface area (Å²) in [5.74, 6) is -4.82. The van der Waals surface area contributed by atoms with Gasteiger partial charge in [-0.3, -0.25) is 4.68 Å². The Balaban J connectivity index is 1.42. The van der Waals surface area contributed by atoms with Crippen molar-refractivity contribution < 1.29 is 31.4 Å². The molecule has 0 radical (unpaired) electrons. The topological polar surface area (TPSA) is 72.0 Å². The minimum atomic E-state index is -1.98. The number of hydrogen-bond acceptors (Lipinski definition) is 5. The van der Waals surface area contributed by atoms with Crippen molar-refractivity contribution in [1.29, 1.82) is 0 Å².